The lowest BCUT2D eigenvalue weighted by atomic mass is 10.1. The van der Waals surface area contributed by atoms with E-state index in [4.69, 9.17) is 0 Å². The number of carbonyl (C=O) groups is 1. The first kappa shape index (κ1) is 14.5. The minimum atomic E-state index is -0.0444. The number of hydrogen-bond donors (Lipinski definition) is 0. The molecule has 0 spiro atoms. The first-order valence-corrected chi connectivity index (χ1v) is 7.21. The van der Waals surface area contributed by atoms with Crippen LogP contribution in [0.3, 0.4) is 0 Å². The number of carbonyl (C=O) groups excluding carboxylic acids is 1. The summed E-state index contributed by atoms with van der Waals surface area (Å²) in [6.45, 7) is 8.13. The summed E-state index contributed by atoms with van der Waals surface area (Å²) in [7, 11) is 0. The van der Waals surface area contributed by atoms with Crippen molar-refractivity contribution < 1.29 is 4.79 Å². The third-order valence-electron chi connectivity index (χ3n) is 3.68. The number of unbranched alkanes of at least 4 members (excludes halogenated alkanes) is 1. The van der Waals surface area contributed by atoms with Gasteiger partial charge in [0.05, 0.1) is 5.69 Å². The molecule has 1 heterocycles. The molecule has 106 valence electrons. The normalized spacial score (nSPS) is 10.8. The average Bonchev–Trinajstić information content (AvgIpc) is 2.71. The number of nitrogens with zero attached hydrogens (tertiary/aromatic N) is 2. The van der Waals surface area contributed by atoms with E-state index in [-0.39, 0.29) is 5.91 Å². The molecule has 0 saturated carbocycles. The van der Waals surface area contributed by atoms with Crippen LogP contribution in [0.1, 0.15) is 52.6 Å². The third-order valence-corrected chi connectivity index (χ3v) is 3.68. The molecular weight excluding hydrogens is 248 g/mol. The Bertz CT molecular complexity index is 626. The topological polar surface area (TPSA) is 34.9 Å². The molecule has 0 fully saturated rings. The van der Waals surface area contributed by atoms with Crippen molar-refractivity contribution in [3.05, 3.63) is 52.3 Å². The van der Waals surface area contributed by atoms with Gasteiger partial charge in [0.15, 0.2) is 0 Å². The molecule has 0 N–H and O–H groups in total. The second-order valence-corrected chi connectivity index (χ2v) is 5.34. The second kappa shape index (κ2) is 6.04. The molecule has 0 bridgehead atoms. The molecule has 0 aliphatic carbocycles. The predicted octanol–water partition coefficient (Wildman–Crippen LogP) is 3.84. The van der Waals surface area contributed by atoms with Crippen molar-refractivity contribution in [2.75, 3.05) is 0 Å². The van der Waals surface area contributed by atoms with Crippen LogP contribution in [0.5, 0.6) is 0 Å². The summed E-state index contributed by atoms with van der Waals surface area (Å²) in [5.74, 6) is -0.0444. The van der Waals surface area contributed by atoms with E-state index in [1.165, 1.54) is 5.56 Å². The van der Waals surface area contributed by atoms with E-state index in [1.54, 1.807) is 4.68 Å². The fourth-order valence-corrected chi connectivity index (χ4v) is 2.49. The molecule has 0 unspecified atom stereocenters. The van der Waals surface area contributed by atoms with Gasteiger partial charge in [-0.2, -0.15) is 5.10 Å². The Morgan fingerprint density at radius 3 is 2.65 bits per heavy atom. The second-order valence-electron chi connectivity index (χ2n) is 5.34. The maximum absolute atomic E-state index is 12.6. The van der Waals surface area contributed by atoms with E-state index in [0.29, 0.717) is 5.56 Å². The van der Waals surface area contributed by atoms with E-state index in [1.807, 2.05) is 45.0 Å². The van der Waals surface area contributed by atoms with Crippen molar-refractivity contribution in [2.45, 2.75) is 47.0 Å². The molecule has 0 aliphatic rings. The van der Waals surface area contributed by atoms with E-state index in [9.17, 15) is 4.79 Å². The Morgan fingerprint density at radius 2 is 2.00 bits per heavy atom. The zero-order chi connectivity index (χ0) is 14.7. The largest absolute Gasteiger partial charge is 0.278 e. The van der Waals surface area contributed by atoms with Gasteiger partial charge < -0.3 is 0 Å². The third kappa shape index (κ3) is 2.82. The van der Waals surface area contributed by atoms with E-state index >= 15 is 0 Å². The maximum atomic E-state index is 12.6. The average molecular weight is 270 g/mol. The summed E-state index contributed by atoms with van der Waals surface area (Å²) in [6.07, 6.45) is 3.27. The van der Waals surface area contributed by atoms with Gasteiger partial charge >= 0.3 is 0 Å². The first-order valence-electron chi connectivity index (χ1n) is 7.21. The Labute approximate surface area is 120 Å². The van der Waals surface area contributed by atoms with Crippen molar-refractivity contribution in [1.82, 2.24) is 9.78 Å². The number of hydrogen-bond acceptors (Lipinski definition) is 2. The van der Waals surface area contributed by atoms with Crippen molar-refractivity contribution in [1.29, 1.82) is 0 Å². The first-order chi connectivity index (χ1) is 9.54. The highest BCUT2D eigenvalue weighted by molar-refractivity contribution is 5.96. The Morgan fingerprint density at radius 1 is 1.25 bits per heavy atom. The quantitative estimate of drug-likeness (QED) is 0.846. The van der Waals surface area contributed by atoms with Gasteiger partial charge in [-0.25, -0.2) is 4.68 Å². The standard InChI is InChI=1S/C17H22N2O/c1-5-6-10-16-13(3)18-19(14(16)4)17(20)15-9-7-8-12(2)11-15/h7-9,11H,5-6,10H2,1-4H3. The van der Waals surface area contributed by atoms with Crippen LogP contribution in [0.25, 0.3) is 0 Å². The van der Waals surface area contributed by atoms with Gasteiger partial charge in [-0.05, 0) is 51.3 Å². The summed E-state index contributed by atoms with van der Waals surface area (Å²) >= 11 is 0. The number of aryl methyl sites for hydroxylation is 2. The lowest BCUT2D eigenvalue weighted by Gasteiger charge is -2.05. The Hall–Kier alpha value is -1.90. The van der Waals surface area contributed by atoms with Gasteiger partial charge in [0, 0.05) is 11.3 Å². The zero-order valence-electron chi connectivity index (χ0n) is 12.7. The van der Waals surface area contributed by atoms with Gasteiger partial charge in [0.2, 0.25) is 0 Å². The highest BCUT2D eigenvalue weighted by Gasteiger charge is 2.17. The molecule has 3 nitrogen and oxygen atoms in total. The summed E-state index contributed by atoms with van der Waals surface area (Å²) in [6, 6.07) is 7.65. The SMILES string of the molecule is CCCCc1c(C)nn(C(=O)c2cccc(C)c2)c1C. The molecule has 0 aliphatic heterocycles. The molecule has 0 radical (unpaired) electrons. The monoisotopic (exact) mass is 270 g/mol. The highest BCUT2D eigenvalue weighted by atomic mass is 16.2. The summed E-state index contributed by atoms with van der Waals surface area (Å²) in [4.78, 5) is 12.6. The van der Waals surface area contributed by atoms with Crippen LogP contribution in [-0.2, 0) is 6.42 Å². The van der Waals surface area contributed by atoms with Crippen molar-refractivity contribution in [2.24, 2.45) is 0 Å². The summed E-state index contributed by atoms with van der Waals surface area (Å²) in [5, 5.41) is 4.44. The van der Waals surface area contributed by atoms with Crippen LogP contribution in [-0.4, -0.2) is 15.7 Å². The lowest BCUT2D eigenvalue weighted by molar-refractivity contribution is 0.0942. The van der Waals surface area contributed by atoms with Crippen molar-refractivity contribution >= 4 is 5.91 Å². The number of rotatable bonds is 4. The molecule has 1 aromatic carbocycles. The molecule has 0 amide bonds. The molecule has 0 saturated heterocycles. The molecule has 3 heteroatoms. The predicted molar refractivity (Wildman–Crippen MR) is 81.2 cm³/mol. The van der Waals surface area contributed by atoms with Crippen LogP contribution in [0.4, 0.5) is 0 Å². The molecule has 2 aromatic rings. The van der Waals surface area contributed by atoms with E-state index in [2.05, 4.69) is 12.0 Å². The minimum absolute atomic E-state index is 0.0444. The fraction of sp³-hybridized carbons (Fsp3) is 0.412. The summed E-state index contributed by atoms with van der Waals surface area (Å²) < 4.78 is 1.55. The molecule has 2 rings (SSSR count). The molecular formula is C17H22N2O. The summed E-state index contributed by atoms with van der Waals surface area (Å²) in [5.41, 5.74) is 4.94. The van der Waals surface area contributed by atoms with Crippen molar-refractivity contribution in [3.63, 3.8) is 0 Å². The molecule has 20 heavy (non-hydrogen) atoms. The zero-order valence-corrected chi connectivity index (χ0v) is 12.7. The smallest absolute Gasteiger partial charge is 0.267 e. The van der Waals surface area contributed by atoms with Crippen molar-refractivity contribution in [3.8, 4) is 0 Å². The fourth-order valence-electron chi connectivity index (χ4n) is 2.49. The van der Waals surface area contributed by atoms with Gasteiger partial charge in [0.25, 0.3) is 5.91 Å². The van der Waals surface area contributed by atoms with E-state index in [0.717, 1.165) is 36.2 Å². The Balaban J connectivity index is 2.36. The van der Waals surface area contributed by atoms with Crippen LogP contribution in [0.2, 0.25) is 0 Å². The Kier molecular flexibility index (Phi) is 4.38. The number of aromatic nitrogens is 2. The van der Waals surface area contributed by atoms with Crippen LogP contribution in [0, 0.1) is 20.8 Å². The van der Waals surface area contributed by atoms with Gasteiger partial charge in [-0.1, -0.05) is 31.0 Å². The van der Waals surface area contributed by atoms with E-state index < -0.39 is 0 Å². The van der Waals surface area contributed by atoms with Crippen LogP contribution >= 0.6 is 0 Å². The number of benzene rings is 1. The maximum Gasteiger partial charge on any atom is 0.278 e. The molecule has 0 atom stereocenters. The van der Waals surface area contributed by atoms with Gasteiger partial charge in [-0.3, -0.25) is 4.79 Å². The van der Waals surface area contributed by atoms with Crippen LogP contribution < -0.4 is 0 Å². The van der Waals surface area contributed by atoms with Crippen LogP contribution in [0.15, 0.2) is 24.3 Å². The highest BCUT2D eigenvalue weighted by Crippen LogP contribution is 2.17. The van der Waals surface area contributed by atoms with Gasteiger partial charge in [0.1, 0.15) is 0 Å². The van der Waals surface area contributed by atoms with Gasteiger partial charge in [-0.15, -0.1) is 0 Å². The molecule has 1 aromatic heterocycles. The minimum Gasteiger partial charge on any atom is -0.267 e. The lowest BCUT2D eigenvalue weighted by Crippen LogP contribution is -2.15.